The number of carboxylic acids is 1. The molecule has 1 rings (SSSR count). The standard InChI is InChI=1S/C8H9NO3/c1-5-3-7(10)6(8(11)12)4-9(5)2/h3-4H,1-2H3,(H,11,12). The maximum atomic E-state index is 11.0. The minimum absolute atomic E-state index is 0.192. The molecule has 0 fully saturated rings. The molecule has 0 atom stereocenters. The number of aryl methyl sites for hydroxylation is 2. The molecule has 12 heavy (non-hydrogen) atoms. The van der Waals surface area contributed by atoms with Gasteiger partial charge in [-0.15, -0.1) is 0 Å². The molecule has 0 aliphatic heterocycles. The number of carboxylic acid groups (broad SMARTS) is 1. The smallest absolute Gasteiger partial charge is 0.341 e. The van der Waals surface area contributed by atoms with Gasteiger partial charge in [-0.25, -0.2) is 4.79 Å². The molecule has 0 saturated heterocycles. The van der Waals surface area contributed by atoms with E-state index in [1.54, 1.807) is 18.5 Å². The van der Waals surface area contributed by atoms with Crippen molar-refractivity contribution in [1.29, 1.82) is 0 Å². The minimum Gasteiger partial charge on any atom is -0.477 e. The van der Waals surface area contributed by atoms with E-state index < -0.39 is 11.4 Å². The van der Waals surface area contributed by atoms with E-state index in [9.17, 15) is 9.59 Å². The van der Waals surface area contributed by atoms with Crippen molar-refractivity contribution < 1.29 is 9.90 Å². The average molecular weight is 167 g/mol. The van der Waals surface area contributed by atoms with Crippen LogP contribution in [0, 0.1) is 6.92 Å². The van der Waals surface area contributed by atoms with Crippen LogP contribution in [0.5, 0.6) is 0 Å². The summed E-state index contributed by atoms with van der Waals surface area (Å²) >= 11 is 0. The molecule has 64 valence electrons. The minimum atomic E-state index is -1.18. The summed E-state index contributed by atoms with van der Waals surface area (Å²) in [5.74, 6) is -1.18. The van der Waals surface area contributed by atoms with Crippen molar-refractivity contribution in [1.82, 2.24) is 4.57 Å². The zero-order valence-corrected chi connectivity index (χ0v) is 6.87. The fraction of sp³-hybridized carbons (Fsp3) is 0.250. The molecule has 0 amide bonds. The molecule has 0 aromatic carbocycles. The number of pyridine rings is 1. The van der Waals surface area contributed by atoms with Crippen LogP contribution < -0.4 is 5.43 Å². The third kappa shape index (κ3) is 1.37. The predicted octanol–water partition coefficient (Wildman–Crippen LogP) is 0.392. The first-order valence-corrected chi connectivity index (χ1v) is 3.43. The van der Waals surface area contributed by atoms with E-state index in [0.29, 0.717) is 0 Å². The van der Waals surface area contributed by atoms with Crippen molar-refractivity contribution in [3.63, 3.8) is 0 Å². The topological polar surface area (TPSA) is 59.3 Å². The fourth-order valence-corrected chi connectivity index (χ4v) is 0.889. The summed E-state index contributed by atoms with van der Waals surface area (Å²) in [6.45, 7) is 1.74. The molecule has 0 unspecified atom stereocenters. The summed E-state index contributed by atoms with van der Waals surface area (Å²) in [4.78, 5) is 21.5. The van der Waals surface area contributed by atoms with Crippen molar-refractivity contribution in [2.45, 2.75) is 6.92 Å². The highest BCUT2D eigenvalue weighted by atomic mass is 16.4. The normalized spacial score (nSPS) is 9.83. The molecule has 1 aromatic heterocycles. The molecule has 4 nitrogen and oxygen atoms in total. The van der Waals surface area contributed by atoms with Crippen LogP contribution >= 0.6 is 0 Å². The second-order valence-electron chi connectivity index (χ2n) is 2.61. The Morgan fingerprint density at radius 3 is 2.67 bits per heavy atom. The summed E-state index contributed by atoms with van der Waals surface area (Å²) in [5, 5.41) is 8.57. The van der Waals surface area contributed by atoms with Crippen molar-refractivity contribution in [3.05, 3.63) is 33.7 Å². The zero-order valence-electron chi connectivity index (χ0n) is 6.87. The molecule has 0 aliphatic rings. The van der Waals surface area contributed by atoms with Gasteiger partial charge in [0, 0.05) is 25.0 Å². The maximum Gasteiger partial charge on any atom is 0.341 e. The van der Waals surface area contributed by atoms with Crippen LogP contribution in [0.3, 0.4) is 0 Å². The second-order valence-corrected chi connectivity index (χ2v) is 2.61. The van der Waals surface area contributed by atoms with Crippen LogP contribution in [-0.4, -0.2) is 15.6 Å². The van der Waals surface area contributed by atoms with Gasteiger partial charge in [-0.2, -0.15) is 0 Å². The number of hydrogen-bond donors (Lipinski definition) is 1. The predicted molar refractivity (Wildman–Crippen MR) is 43.4 cm³/mol. The van der Waals surface area contributed by atoms with E-state index in [4.69, 9.17) is 5.11 Å². The Kier molecular flexibility index (Phi) is 1.99. The van der Waals surface area contributed by atoms with E-state index in [-0.39, 0.29) is 5.56 Å². The lowest BCUT2D eigenvalue weighted by Gasteiger charge is -2.03. The van der Waals surface area contributed by atoms with Gasteiger partial charge in [-0.1, -0.05) is 0 Å². The van der Waals surface area contributed by atoms with Gasteiger partial charge >= 0.3 is 5.97 Å². The number of hydrogen-bond acceptors (Lipinski definition) is 2. The van der Waals surface area contributed by atoms with Gasteiger partial charge in [0.2, 0.25) is 0 Å². The molecular weight excluding hydrogens is 158 g/mol. The molecule has 0 bridgehead atoms. The Bertz CT molecular complexity index is 378. The van der Waals surface area contributed by atoms with Crippen molar-refractivity contribution in [2.24, 2.45) is 7.05 Å². The number of carbonyl (C=O) groups is 1. The van der Waals surface area contributed by atoms with Gasteiger partial charge in [0.05, 0.1) is 0 Å². The molecule has 1 N–H and O–H groups in total. The summed E-state index contributed by atoms with van der Waals surface area (Å²) < 4.78 is 1.60. The highest BCUT2D eigenvalue weighted by molar-refractivity contribution is 5.87. The Morgan fingerprint density at radius 2 is 2.17 bits per heavy atom. The van der Waals surface area contributed by atoms with Crippen LogP contribution in [0.1, 0.15) is 16.1 Å². The lowest BCUT2D eigenvalue weighted by Crippen LogP contribution is -2.17. The van der Waals surface area contributed by atoms with Gasteiger partial charge in [0.15, 0.2) is 5.43 Å². The third-order valence-electron chi connectivity index (χ3n) is 1.71. The summed E-state index contributed by atoms with van der Waals surface area (Å²) in [7, 11) is 1.70. The monoisotopic (exact) mass is 167 g/mol. The molecule has 4 heteroatoms. The third-order valence-corrected chi connectivity index (χ3v) is 1.71. The molecule has 0 spiro atoms. The van der Waals surface area contributed by atoms with Gasteiger partial charge in [0.1, 0.15) is 5.56 Å². The van der Waals surface area contributed by atoms with Crippen LogP contribution in [0.2, 0.25) is 0 Å². The van der Waals surface area contributed by atoms with E-state index in [0.717, 1.165) is 5.69 Å². The Balaban J connectivity index is 3.43. The first kappa shape index (κ1) is 8.52. The number of nitrogens with zero attached hydrogens (tertiary/aromatic N) is 1. The van der Waals surface area contributed by atoms with Gasteiger partial charge < -0.3 is 9.67 Å². The zero-order chi connectivity index (χ0) is 9.30. The molecule has 0 aliphatic carbocycles. The van der Waals surface area contributed by atoms with Gasteiger partial charge in [-0.05, 0) is 6.92 Å². The summed E-state index contributed by atoms with van der Waals surface area (Å²) in [6, 6.07) is 1.31. The van der Waals surface area contributed by atoms with Gasteiger partial charge in [-0.3, -0.25) is 4.79 Å². The van der Waals surface area contributed by atoms with E-state index in [1.165, 1.54) is 12.3 Å². The molecule has 0 radical (unpaired) electrons. The van der Waals surface area contributed by atoms with Crippen molar-refractivity contribution in [3.8, 4) is 0 Å². The molecule has 1 heterocycles. The number of rotatable bonds is 1. The largest absolute Gasteiger partial charge is 0.477 e. The maximum absolute atomic E-state index is 11.0. The fourth-order valence-electron chi connectivity index (χ4n) is 0.889. The van der Waals surface area contributed by atoms with Crippen LogP contribution in [0.25, 0.3) is 0 Å². The summed E-state index contributed by atoms with van der Waals surface area (Å²) in [6.07, 6.45) is 1.32. The summed E-state index contributed by atoms with van der Waals surface area (Å²) in [5.41, 5.74) is 0.103. The van der Waals surface area contributed by atoms with Crippen LogP contribution in [0.15, 0.2) is 17.1 Å². The van der Waals surface area contributed by atoms with Gasteiger partial charge in [0.25, 0.3) is 0 Å². The Labute approximate surface area is 69.1 Å². The average Bonchev–Trinajstić information content (AvgIpc) is 1.96. The van der Waals surface area contributed by atoms with Crippen LogP contribution in [0.4, 0.5) is 0 Å². The molecule has 1 aromatic rings. The molecule has 0 saturated carbocycles. The van der Waals surface area contributed by atoms with E-state index in [2.05, 4.69) is 0 Å². The highest BCUT2D eigenvalue weighted by Crippen LogP contribution is 1.95. The van der Waals surface area contributed by atoms with Crippen molar-refractivity contribution in [2.75, 3.05) is 0 Å². The second kappa shape index (κ2) is 2.81. The van der Waals surface area contributed by atoms with E-state index >= 15 is 0 Å². The van der Waals surface area contributed by atoms with Crippen LogP contribution in [-0.2, 0) is 7.05 Å². The lowest BCUT2D eigenvalue weighted by molar-refractivity contribution is 0.0694. The number of aromatic nitrogens is 1. The highest BCUT2D eigenvalue weighted by Gasteiger charge is 2.08. The SMILES string of the molecule is Cc1cc(=O)c(C(=O)O)cn1C. The first-order valence-electron chi connectivity index (χ1n) is 3.43. The Hall–Kier alpha value is -1.58. The number of aromatic carboxylic acids is 1. The lowest BCUT2D eigenvalue weighted by atomic mass is 10.2. The van der Waals surface area contributed by atoms with Crippen molar-refractivity contribution >= 4 is 5.97 Å². The first-order chi connectivity index (χ1) is 5.52. The quantitative estimate of drug-likeness (QED) is 0.658. The Morgan fingerprint density at radius 1 is 1.58 bits per heavy atom. The molecular formula is C8H9NO3. The van der Waals surface area contributed by atoms with E-state index in [1.807, 2.05) is 0 Å².